The summed E-state index contributed by atoms with van der Waals surface area (Å²) >= 11 is 0. The number of carbonyl (C=O) groups is 1. The molecular formula is C19H17FN4O. The number of rotatable bonds is 4. The van der Waals surface area contributed by atoms with Gasteiger partial charge in [-0.2, -0.15) is 5.26 Å². The maximum atomic E-state index is 14.0. The second kappa shape index (κ2) is 6.73. The minimum Gasteiger partial charge on any atom is -0.307 e. The lowest BCUT2D eigenvalue weighted by atomic mass is 10.1. The van der Waals surface area contributed by atoms with Crippen LogP contribution in [0.5, 0.6) is 0 Å². The number of aromatic nitrogens is 2. The minimum absolute atomic E-state index is 0.162. The molecule has 0 aliphatic carbocycles. The van der Waals surface area contributed by atoms with Crippen molar-refractivity contribution in [3.05, 3.63) is 65.9 Å². The van der Waals surface area contributed by atoms with Gasteiger partial charge in [0, 0.05) is 18.1 Å². The van der Waals surface area contributed by atoms with E-state index in [0.29, 0.717) is 16.9 Å². The summed E-state index contributed by atoms with van der Waals surface area (Å²) in [5.41, 5.74) is 2.32. The van der Waals surface area contributed by atoms with Gasteiger partial charge in [-0.15, -0.1) is 0 Å². The smallest absolute Gasteiger partial charge is 0.244 e. The molecule has 2 heterocycles. The van der Waals surface area contributed by atoms with Crippen LogP contribution in [0.25, 0.3) is 5.65 Å². The van der Waals surface area contributed by atoms with E-state index in [2.05, 4.69) is 4.98 Å². The van der Waals surface area contributed by atoms with Gasteiger partial charge in [-0.25, -0.2) is 9.37 Å². The monoisotopic (exact) mass is 336 g/mol. The number of amides is 1. The van der Waals surface area contributed by atoms with Crippen LogP contribution in [-0.4, -0.2) is 15.3 Å². The van der Waals surface area contributed by atoms with Crippen molar-refractivity contribution in [1.82, 2.24) is 9.38 Å². The highest BCUT2D eigenvalue weighted by Crippen LogP contribution is 2.22. The molecule has 3 aromatic rings. The predicted molar refractivity (Wildman–Crippen MR) is 92.3 cm³/mol. The Balaban J connectivity index is 1.99. The Bertz CT molecular complexity index is 940. The molecule has 0 radical (unpaired) electrons. The van der Waals surface area contributed by atoms with Crippen molar-refractivity contribution in [2.45, 2.75) is 20.4 Å². The lowest BCUT2D eigenvalue weighted by Gasteiger charge is -2.23. The van der Waals surface area contributed by atoms with Crippen LogP contribution >= 0.6 is 0 Å². The van der Waals surface area contributed by atoms with Crippen molar-refractivity contribution in [3.63, 3.8) is 0 Å². The third-order valence-corrected chi connectivity index (χ3v) is 4.03. The maximum absolute atomic E-state index is 14.0. The Morgan fingerprint density at radius 1 is 1.40 bits per heavy atom. The number of benzene rings is 1. The van der Waals surface area contributed by atoms with Crippen molar-refractivity contribution >= 4 is 17.2 Å². The molecule has 0 spiro atoms. The predicted octanol–water partition coefficient (Wildman–Crippen LogP) is 3.47. The molecule has 0 bridgehead atoms. The molecule has 1 atom stereocenters. The van der Waals surface area contributed by atoms with Crippen molar-refractivity contribution < 1.29 is 9.18 Å². The number of nitrogens with zero attached hydrogens (tertiary/aromatic N) is 4. The van der Waals surface area contributed by atoms with Crippen molar-refractivity contribution in [2.75, 3.05) is 4.90 Å². The summed E-state index contributed by atoms with van der Waals surface area (Å²) in [7, 11) is 0. The number of nitriles is 1. The van der Waals surface area contributed by atoms with Crippen LogP contribution in [-0.2, 0) is 11.3 Å². The SMILES string of the molecule is Cc1ccc(N(Cc2cn3ccccc3n2)C(=O)C(C)C#N)cc1F. The topological polar surface area (TPSA) is 61.4 Å². The van der Waals surface area contributed by atoms with Gasteiger partial charge < -0.3 is 9.30 Å². The fourth-order valence-electron chi connectivity index (χ4n) is 2.56. The number of imidazole rings is 1. The minimum atomic E-state index is -0.832. The molecular weight excluding hydrogens is 319 g/mol. The second-order valence-corrected chi connectivity index (χ2v) is 5.91. The Hall–Kier alpha value is -3.20. The van der Waals surface area contributed by atoms with E-state index in [-0.39, 0.29) is 12.5 Å². The van der Waals surface area contributed by atoms with Crippen LogP contribution in [0.3, 0.4) is 0 Å². The normalized spacial score (nSPS) is 11.9. The average Bonchev–Trinajstić information content (AvgIpc) is 3.03. The van der Waals surface area contributed by atoms with Crippen LogP contribution < -0.4 is 4.90 Å². The first-order chi connectivity index (χ1) is 12.0. The first kappa shape index (κ1) is 16.7. The highest BCUT2D eigenvalue weighted by Gasteiger charge is 2.23. The number of hydrogen-bond acceptors (Lipinski definition) is 3. The molecule has 0 aliphatic rings. The Morgan fingerprint density at radius 2 is 2.20 bits per heavy atom. The fraction of sp³-hybridized carbons (Fsp3) is 0.211. The molecule has 0 aliphatic heterocycles. The lowest BCUT2D eigenvalue weighted by Crippen LogP contribution is -2.34. The number of anilines is 1. The molecule has 5 nitrogen and oxygen atoms in total. The second-order valence-electron chi connectivity index (χ2n) is 5.91. The number of carbonyl (C=O) groups excluding carboxylic acids is 1. The standard InChI is InChI=1S/C19H17FN4O/c1-13-6-7-16(9-17(13)20)24(19(25)14(2)10-21)12-15-11-23-8-4-3-5-18(23)22-15/h3-9,11,14H,12H2,1-2H3. The molecule has 1 unspecified atom stereocenters. The lowest BCUT2D eigenvalue weighted by molar-refractivity contribution is -0.120. The summed E-state index contributed by atoms with van der Waals surface area (Å²) in [5, 5.41) is 9.09. The largest absolute Gasteiger partial charge is 0.307 e. The highest BCUT2D eigenvalue weighted by atomic mass is 19.1. The fourth-order valence-corrected chi connectivity index (χ4v) is 2.56. The molecule has 1 amide bonds. The summed E-state index contributed by atoms with van der Waals surface area (Å²) in [5.74, 6) is -1.61. The zero-order chi connectivity index (χ0) is 18.0. The summed E-state index contributed by atoms with van der Waals surface area (Å²) < 4.78 is 15.8. The Morgan fingerprint density at radius 3 is 2.88 bits per heavy atom. The van der Waals surface area contributed by atoms with Crippen LogP contribution in [0.2, 0.25) is 0 Å². The van der Waals surface area contributed by atoms with Gasteiger partial charge in [0.25, 0.3) is 0 Å². The van der Waals surface area contributed by atoms with E-state index < -0.39 is 11.7 Å². The van der Waals surface area contributed by atoms with E-state index in [9.17, 15) is 9.18 Å². The molecule has 25 heavy (non-hydrogen) atoms. The van der Waals surface area contributed by atoms with Gasteiger partial charge in [0.15, 0.2) is 0 Å². The van der Waals surface area contributed by atoms with Crippen LogP contribution in [0, 0.1) is 30.0 Å². The van der Waals surface area contributed by atoms with Gasteiger partial charge >= 0.3 is 0 Å². The first-order valence-electron chi connectivity index (χ1n) is 7.89. The number of fused-ring (bicyclic) bond motifs is 1. The van der Waals surface area contributed by atoms with E-state index >= 15 is 0 Å². The van der Waals surface area contributed by atoms with Gasteiger partial charge in [-0.1, -0.05) is 12.1 Å². The molecule has 0 saturated heterocycles. The van der Waals surface area contributed by atoms with Gasteiger partial charge in [-0.3, -0.25) is 4.79 Å². The molecule has 0 N–H and O–H groups in total. The Labute approximate surface area is 144 Å². The summed E-state index contributed by atoms with van der Waals surface area (Å²) in [6.45, 7) is 3.35. The Kier molecular flexibility index (Phi) is 4.48. The van der Waals surface area contributed by atoms with Gasteiger partial charge in [0.05, 0.1) is 18.3 Å². The van der Waals surface area contributed by atoms with E-state index in [1.54, 1.807) is 19.1 Å². The van der Waals surface area contributed by atoms with Crippen LogP contribution in [0.15, 0.2) is 48.8 Å². The number of hydrogen-bond donors (Lipinski definition) is 0. The van der Waals surface area contributed by atoms with Gasteiger partial charge in [0.2, 0.25) is 5.91 Å². The van der Waals surface area contributed by atoms with Crippen molar-refractivity contribution in [3.8, 4) is 6.07 Å². The molecule has 0 saturated carbocycles. The molecule has 6 heteroatoms. The molecule has 126 valence electrons. The van der Waals surface area contributed by atoms with E-state index in [1.165, 1.54) is 17.9 Å². The van der Waals surface area contributed by atoms with E-state index in [0.717, 1.165) is 5.65 Å². The summed E-state index contributed by atoms with van der Waals surface area (Å²) in [6, 6.07) is 12.2. The average molecular weight is 336 g/mol. The summed E-state index contributed by atoms with van der Waals surface area (Å²) in [6.07, 6.45) is 3.68. The zero-order valence-corrected chi connectivity index (χ0v) is 14.0. The number of aryl methyl sites for hydroxylation is 1. The molecule has 0 fully saturated rings. The third kappa shape index (κ3) is 3.36. The maximum Gasteiger partial charge on any atom is 0.244 e. The quantitative estimate of drug-likeness (QED) is 0.733. The zero-order valence-electron chi connectivity index (χ0n) is 14.0. The highest BCUT2D eigenvalue weighted by molar-refractivity contribution is 5.96. The number of pyridine rings is 1. The third-order valence-electron chi connectivity index (χ3n) is 4.03. The molecule has 3 rings (SSSR count). The van der Waals surface area contributed by atoms with Crippen molar-refractivity contribution in [1.29, 1.82) is 5.26 Å². The van der Waals surface area contributed by atoms with E-state index in [1.807, 2.05) is 41.1 Å². The first-order valence-corrected chi connectivity index (χ1v) is 7.89. The van der Waals surface area contributed by atoms with Crippen molar-refractivity contribution in [2.24, 2.45) is 5.92 Å². The summed E-state index contributed by atoms with van der Waals surface area (Å²) in [4.78, 5) is 18.5. The molecule has 2 aromatic heterocycles. The van der Waals surface area contributed by atoms with Crippen LogP contribution in [0.1, 0.15) is 18.2 Å². The number of halogens is 1. The van der Waals surface area contributed by atoms with Crippen LogP contribution in [0.4, 0.5) is 10.1 Å². The van der Waals surface area contributed by atoms with Gasteiger partial charge in [0.1, 0.15) is 17.4 Å². The molecule has 1 aromatic carbocycles. The van der Waals surface area contributed by atoms with Gasteiger partial charge in [-0.05, 0) is 43.7 Å². The van der Waals surface area contributed by atoms with E-state index in [4.69, 9.17) is 5.26 Å².